The van der Waals surface area contributed by atoms with Crippen molar-refractivity contribution in [2.75, 3.05) is 18.1 Å². The summed E-state index contributed by atoms with van der Waals surface area (Å²) in [6.07, 6.45) is 4.04. The zero-order valence-electron chi connectivity index (χ0n) is 9.23. The smallest absolute Gasteiger partial charge is 0.0158 e. The summed E-state index contributed by atoms with van der Waals surface area (Å²) in [6.45, 7) is 8.14. The fourth-order valence-electron chi connectivity index (χ4n) is 1.45. The van der Waals surface area contributed by atoms with Gasteiger partial charge in [-0.25, -0.2) is 0 Å². The quantitative estimate of drug-likeness (QED) is 0.750. The van der Waals surface area contributed by atoms with Gasteiger partial charge >= 0.3 is 0 Å². The van der Waals surface area contributed by atoms with Crippen molar-refractivity contribution in [3.05, 3.63) is 0 Å². The Labute approximate surface area is 87.1 Å². The van der Waals surface area contributed by atoms with Crippen LogP contribution in [0.25, 0.3) is 0 Å². The van der Waals surface area contributed by atoms with Crippen LogP contribution in [-0.2, 0) is 0 Å². The molecule has 0 saturated carbocycles. The van der Waals surface area contributed by atoms with E-state index in [1.54, 1.807) is 0 Å². The van der Waals surface area contributed by atoms with Gasteiger partial charge in [-0.15, -0.1) is 0 Å². The molecule has 0 radical (unpaired) electrons. The van der Waals surface area contributed by atoms with Crippen molar-refractivity contribution < 1.29 is 0 Å². The van der Waals surface area contributed by atoms with Crippen molar-refractivity contribution in [2.45, 2.75) is 46.1 Å². The van der Waals surface area contributed by atoms with Crippen molar-refractivity contribution >= 4 is 11.8 Å². The van der Waals surface area contributed by atoms with E-state index in [4.69, 9.17) is 0 Å². The molecule has 0 aromatic carbocycles. The Hall–Kier alpha value is 0.310. The van der Waals surface area contributed by atoms with Crippen LogP contribution < -0.4 is 5.32 Å². The van der Waals surface area contributed by atoms with Crippen LogP contribution in [0.5, 0.6) is 0 Å². The maximum absolute atomic E-state index is 3.69. The normalized spacial score (nSPS) is 24.7. The molecule has 0 aliphatic carbocycles. The Balaban J connectivity index is 2.17. The van der Waals surface area contributed by atoms with E-state index in [9.17, 15) is 0 Å². The minimum absolute atomic E-state index is 0.474. The maximum Gasteiger partial charge on any atom is 0.0158 e. The summed E-state index contributed by atoms with van der Waals surface area (Å²) in [6, 6.07) is 0.782. The van der Waals surface area contributed by atoms with Crippen LogP contribution in [0.2, 0.25) is 0 Å². The van der Waals surface area contributed by atoms with Gasteiger partial charge in [0.05, 0.1) is 0 Å². The van der Waals surface area contributed by atoms with Crippen LogP contribution >= 0.6 is 11.8 Å². The van der Waals surface area contributed by atoms with Crippen LogP contribution in [-0.4, -0.2) is 24.1 Å². The number of thioether (sulfide) groups is 1. The monoisotopic (exact) mass is 201 g/mol. The highest BCUT2D eigenvalue weighted by atomic mass is 32.2. The summed E-state index contributed by atoms with van der Waals surface area (Å²) in [5.41, 5.74) is 0.474. The third-order valence-electron chi connectivity index (χ3n) is 2.99. The lowest BCUT2D eigenvalue weighted by Gasteiger charge is -2.29. The van der Waals surface area contributed by atoms with Gasteiger partial charge in [0.25, 0.3) is 0 Å². The Morgan fingerprint density at radius 2 is 2.23 bits per heavy atom. The van der Waals surface area contributed by atoms with Gasteiger partial charge in [-0.3, -0.25) is 0 Å². The molecule has 1 aliphatic heterocycles. The molecule has 13 heavy (non-hydrogen) atoms. The summed E-state index contributed by atoms with van der Waals surface area (Å²) < 4.78 is 0. The van der Waals surface area contributed by atoms with Crippen LogP contribution in [0, 0.1) is 5.41 Å². The first-order chi connectivity index (χ1) is 6.14. The van der Waals surface area contributed by atoms with E-state index < -0.39 is 0 Å². The van der Waals surface area contributed by atoms with Gasteiger partial charge in [-0.2, -0.15) is 11.8 Å². The Bertz CT molecular complexity index is 139. The summed E-state index contributed by atoms with van der Waals surface area (Å²) in [7, 11) is 0. The number of hydrogen-bond acceptors (Lipinski definition) is 2. The van der Waals surface area contributed by atoms with Crippen molar-refractivity contribution in [1.82, 2.24) is 5.32 Å². The van der Waals surface area contributed by atoms with E-state index in [0.717, 1.165) is 6.04 Å². The highest BCUT2D eigenvalue weighted by Gasteiger charge is 2.18. The molecule has 1 rings (SSSR count). The van der Waals surface area contributed by atoms with Crippen molar-refractivity contribution in [3.63, 3.8) is 0 Å². The molecule has 1 saturated heterocycles. The molecular weight excluding hydrogens is 178 g/mol. The minimum atomic E-state index is 0.474. The van der Waals surface area contributed by atoms with Crippen molar-refractivity contribution in [3.8, 4) is 0 Å². The molecule has 0 aromatic rings. The number of hydrogen-bond donors (Lipinski definition) is 1. The van der Waals surface area contributed by atoms with Crippen molar-refractivity contribution in [1.29, 1.82) is 0 Å². The highest BCUT2D eigenvalue weighted by Crippen LogP contribution is 2.21. The molecule has 78 valence electrons. The third kappa shape index (κ3) is 4.37. The van der Waals surface area contributed by atoms with E-state index in [1.165, 1.54) is 37.3 Å². The molecule has 1 heterocycles. The molecular formula is C11H23NS. The van der Waals surface area contributed by atoms with E-state index in [1.807, 2.05) is 0 Å². The zero-order valence-corrected chi connectivity index (χ0v) is 10.0. The van der Waals surface area contributed by atoms with Crippen molar-refractivity contribution in [2.24, 2.45) is 5.41 Å². The molecule has 1 unspecified atom stereocenters. The zero-order chi connectivity index (χ0) is 9.73. The second-order valence-corrected chi connectivity index (χ2v) is 5.96. The molecule has 1 fully saturated rings. The highest BCUT2D eigenvalue weighted by molar-refractivity contribution is 7.99. The summed E-state index contributed by atoms with van der Waals surface area (Å²) >= 11 is 2.10. The lowest BCUT2D eigenvalue weighted by atomic mass is 9.90. The standard InChI is InChI=1S/C11H23NS/c1-4-11(2,3)9-12-10-6-5-7-13-8-10/h10,12H,4-9H2,1-3H3. The van der Waals surface area contributed by atoms with E-state index >= 15 is 0 Å². The van der Waals surface area contributed by atoms with Gasteiger partial charge in [-0.1, -0.05) is 20.8 Å². The first-order valence-corrected chi connectivity index (χ1v) is 6.60. The molecule has 2 heteroatoms. The Kier molecular flexibility index (Phi) is 4.60. The fraction of sp³-hybridized carbons (Fsp3) is 1.00. The first kappa shape index (κ1) is 11.4. The predicted molar refractivity (Wildman–Crippen MR) is 62.4 cm³/mol. The number of nitrogens with one attached hydrogen (secondary N) is 1. The fourth-order valence-corrected chi connectivity index (χ4v) is 2.55. The van der Waals surface area contributed by atoms with E-state index in [2.05, 4.69) is 37.8 Å². The molecule has 0 spiro atoms. The molecule has 0 bridgehead atoms. The Morgan fingerprint density at radius 3 is 2.77 bits per heavy atom. The molecule has 1 N–H and O–H groups in total. The van der Waals surface area contributed by atoms with Gasteiger partial charge in [0, 0.05) is 18.3 Å². The minimum Gasteiger partial charge on any atom is -0.313 e. The van der Waals surface area contributed by atoms with Crippen LogP contribution in [0.4, 0.5) is 0 Å². The SMILES string of the molecule is CCC(C)(C)CNC1CCCSC1. The molecule has 0 amide bonds. The average Bonchev–Trinajstić information content (AvgIpc) is 2.17. The molecule has 0 aromatic heterocycles. The van der Waals surface area contributed by atoms with Gasteiger partial charge < -0.3 is 5.32 Å². The summed E-state index contributed by atoms with van der Waals surface area (Å²) in [5, 5.41) is 3.69. The van der Waals surface area contributed by atoms with Gasteiger partial charge in [0.1, 0.15) is 0 Å². The van der Waals surface area contributed by atoms with Gasteiger partial charge in [0.15, 0.2) is 0 Å². The first-order valence-electron chi connectivity index (χ1n) is 5.45. The predicted octanol–water partition coefficient (Wildman–Crippen LogP) is 2.91. The Morgan fingerprint density at radius 1 is 1.46 bits per heavy atom. The summed E-state index contributed by atoms with van der Waals surface area (Å²) in [4.78, 5) is 0. The topological polar surface area (TPSA) is 12.0 Å². The van der Waals surface area contributed by atoms with E-state index in [-0.39, 0.29) is 0 Å². The second-order valence-electron chi connectivity index (χ2n) is 4.81. The lowest BCUT2D eigenvalue weighted by Crippen LogP contribution is -2.39. The van der Waals surface area contributed by atoms with Gasteiger partial charge in [-0.05, 0) is 30.4 Å². The number of rotatable bonds is 4. The molecule has 1 nitrogen and oxygen atoms in total. The van der Waals surface area contributed by atoms with E-state index in [0.29, 0.717) is 5.41 Å². The largest absolute Gasteiger partial charge is 0.313 e. The van der Waals surface area contributed by atoms with Crippen LogP contribution in [0.15, 0.2) is 0 Å². The van der Waals surface area contributed by atoms with Crippen LogP contribution in [0.1, 0.15) is 40.0 Å². The molecule has 1 aliphatic rings. The van der Waals surface area contributed by atoms with Crippen LogP contribution in [0.3, 0.4) is 0 Å². The summed E-state index contributed by atoms with van der Waals surface area (Å²) in [5.74, 6) is 2.69. The third-order valence-corrected chi connectivity index (χ3v) is 4.20. The van der Waals surface area contributed by atoms with Gasteiger partial charge in [0.2, 0.25) is 0 Å². The lowest BCUT2D eigenvalue weighted by molar-refractivity contribution is 0.308. The average molecular weight is 201 g/mol. The second kappa shape index (κ2) is 5.26. The maximum atomic E-state index is 3.69. The molecule has 1 atom stereocenters.